The van der Waals surface area contributed by atoms with Crippen molar-refractivity contribution in [3.63, 3.8) is 0 Å². The van der Waals surface area contributed by atoms with Crippen LogP contribution in [0.25, 0.3) is 0 Å². The largest absolute Gasteiger partial charge is 0.388 e. The van der Waals surface area contributed by atoms with E-state index < -0.39 is 11.4 Å². The van der Waals surface area contributed by atoms with Crippen molar-refractivity contribution in [2.24, 2.45) is 0 Å². The zero-order valence-corrected chi connectivity index (χ0v) is 13.5. The summed E-state index contributed by atoms with van der Waals surface area (Å²) in [7, 11) is 0. The molecule has 1 fully saturated rings. The first kappa shape index (κ1) is 15.8. The van der Waals surface area contributed by atoms with Crippen molar-refractivity contribution in [3.05, 3.63) is 29.1 Å². The van der Waals surface area contributed by atoms with E-state index in [0.29, 0.717) is 36.2 Å². The summed E-state index contributed by atoms with van der Waals surface area (Å²) < 4.78 is 19.5. The Bertz CT molecular complexity index is 720. The van der Waals surface area contributed by atoms with Crippen molar-refractivity contribution in [1.29, 1.82) is 0 Å². The molecule has 3 rings (SSSR count). The lowest BCUT2D eigenvalue weighted by atomic mass is 9.89. The molecule has 23 heavy (non-hydrogen) atoms. The minimum atomic E-state index is -1.05. The third kappa shape index (κ3) is 3.31. The van der Waals surface area contributed by atoms with Crippen molar-refractivity contribution in [2.75, 3.05) is 18.0 Å². The summed E-state index contributed by atoms with van der Waals surface area (Å²) in [4.78, 5) is 14.1. The Morgan fingerprint density at radius 2 is 2.00 bits per heavy atom. The molecule has 1 saturated heterocycles. The zero-order valence-electron chi connectivity index (χ0n) is 13.5. The second kappa shape index (κ2) is 5.84. The van der Waals surface area contributed by atoms with Crippen LogP contribution >= 0.6 is 0 Å². The molecule has 8 heteroatoms. The number of halogens is 1. The van der Waals surface area contributed by atoms with Gasteiger partial charge in [0.15, 0.2) is 17.5 Å². The lowest BCUT2D eigenvalue weighted by Crippen LogP contribution is -2.50. The third-order valence-electron chi connectivity index (χ3n) is 4.02. The number of aliphatic hydroxyl groups is 1. The minimum absolute atomic E-state index is 0.245. The van der Waals surface area contributed by atoms with E-state index in [1.54, 1.807) is 25.7 Å². The highest BCUT2D eigenvalue weighted by atomic mass is 19.1. The Labute approximate surface area is 133 Å². The van der Waals surface area contributed by atoms with Crippen LogP contribution < -0.4 is 4.90 Å². The van der Waals surface area contributed by atoms with Gasteiger partial charge in [-0.15, -0.1) is 0 Å². The van der Waals surface area contributed by atoms with Crippen LogP contribution in [0.15, 0.2) is 4.52 Å². The maximum atomic E-state index is 14.4. The molecule has 1 atom stereocenters. The van der Waals surface area contributed by atoms with E-state index in [2.05, 4.69) is 20.1 Å². The molecule has 0 spiro atoms. The molecular weight excluding hydrogens is 301 g/mol. The van der Waals surface area contributed by atoms with Crippen LogP contribution in [0.3, 0.4) is 0 Å². The Hall–Kier alpha value is -2.09. The Morgan fingerprint density at radius 1 is 1.22 bits per heavy atom. The summed E-state index contributed by atoms with van der Waals surface area (Å²) in [5.41, 5.74) is -0.731. The molecule has 3 heterocycles. The van der Waals surface area contributed by atoms with E-state index in [0.717, 1.165) is 6.42 Å². The number of β-amino-alcohol motifs (C(OH)–C–C–N with tert-alkyl or cyclic N) is 1. The summed E-state index contributed by atoms with van der Waals surface area (Å²) in [5.74, 6) is 1.25. The quantitative estimate of drug-likeness (QED) is 0.916. The number of rotatable bonds is 3. The van der Waals surface area contributed by atoms with Gasteiger partial charge >= 0.3 is 0 Å². The highest BCUT2D eigenvalue weighted by molar-refractivity contribution is 5.43. The van der Waals surface area contributed by atoms with Gasteiger partial charge in [-0.3, -0.25) is 0 Å². The number of aromatic nitrogens is 4. The molecule has 0 radical (unpaired) electrons. The summed E-state index contributed by atoms with van der Waals surface area (Å²) in [5, 5.41) is 14.6. The number of hydrogen-bond acceptors (Lipinski definition) is 7. The molecule has 2 aromatic rings. The summed E-state index contributed by atoms with van der Waals surface area (Å²) in [6.07, 6.45) is 1.57. The predicted molar refractivity (Wildman–Crippen MR) is 80.6 cm³/mol. The monoisotopic (exact) mass is 321 g/mol. The second-order valence-electron chi connectivity index (χ2n) is 6.16. The second-order valence-corrected chi connectivity index (χ2v) is 6.16. The molecule has 0 aliphatic carbocycles. The van der Waals surface area contributed by atoms with Gasteiger partial charge in [-0.1, -0.05) is 5.16 Å². The van der Waals surface area contributed by atoms with Gasteiger partial charge in [-0.2, -0.15) is 4.98 Å². The lowest BCUT2D eigenvalue weighted by molar-refractivity contribution is 0.0190. The molecule has 0 saturated carbocycles. The molecule has 1 aliphatic rings. The fraction of sp³-hybridized carbons (Fsp3) is 0.600. The van der Waals surface area contributed by atoms with Crippen molar-refractivity contribution in [3.8, 4) is 0 Å². The van der Waals surface area contributed by atoms with Gasteiger partial charge < -0.3 is 14.5 Å². The molecule has 7 nitrogen and oxygen atoms in total. The number of nitrogens with zero attached hydrogens (tertiary/aromatic N) is 5. The Kier molecular flexibility index (Phi) is 4.01. The fourth-order valence-electron chi connectivity index (χ4n) is 3.02. The van der Waals surface area contributed by atoms with E-state index in [-0.39, 0.29) is 18.8 Å². The molecule has 124 valence electrons. The molecular formula is C15H20FN5O2. The average molecular weight is 321 g/mol. The zero-order chi connectivity index (χ0) is 16.6. The summed E-state index contributed by atoms with van der Waals surface area (Å²) in [6, 6.07) is 0. The molecule has 1 unspecified atom stereocenters. The van der Waals surface area contributed by atoms with Gasteiger partial charge in [0.1, 0.15) is 5.82 Å². The summed E-state index contributed by atoms with van der Waals surface area (Å²) >= 11 is 0. The minimum Gasteiger partial charge on any atom is -0.388 e. The van der Waals surface area contributed by atoms with Crippen LogP contribution in [-0.2, 0) is 6.42 Å². The smallest absolute Gasteiger partial charge is 0.229 e. The summed E-state index contributed by atoms with van der Waals surface area (Å²) in [6.45, 7) is 5.98. The number of anilines is 1. The molecule has 1 N–H and O–H groups in total. The number of piperidine rings is 1. The van der Waals surface area contributed by atoms with Crippen LogP contribution in [0.1, 0.15) is 36.1 Å². The van der Waals surface area contributed by atoms with Gasteiger partial charge in [0.25, 0.3) is 0 Å². The first-order valence-electron chi connectivity index (χ1n) is 7.63. The van der Waals surface area contributed by atoms with Gasteiger partial charge in [0.2, 0.25) is 5.89 Å². The van der Waals surface area contributed by atoms with Gasteiger partial charge in [-0.05, 0) is 33.6 Å². The maximum absolute atomic E-state index is 14.4. The molecule has 2 aromatic heterocycles. The average Bonchev–Trinajstić information content (AvgIpc) is 2.87. The third-order valence-corrected chi connectivity index (χ3v) is 4.02. The van der Waals surface area contributed by atoms with E-state index >= 15 is 0 Å². The predicted octanol–water partition coefficient (Wildman–Crippen LogP) is 1.50. The number of aryl methyl sites for hydroxylation is 3. The van der Waals surface area contributed by atoms with Crippen LogP contribution in [-0.4, -0.2) is 43.9 Å². The Balaban J connectivity index is 1.83. The topological polar surface area (TPSA) is 88.2 Å². The van der Waals surface area contributed by atoms with Crippen LogP contribution in [0.5, 0.6) is 0 Å². The highest BCUT2D eigenvalue weighted by Gasteiger charge is 2.36. The van der Waals surface area contributed by atoms with E-state index in [9.17, 15) is 9.50 Å². The van der Waals surface area contributed by atoms with Crippen molar-refractivity contribution >= 4 is 5.82 Å². The fourth-order valence-corrected chi connectivity index (χ4v) is 3.02. The van der Waals surface area contributed by atoms with Crippen molar-refractivity contribution < 1.29 is 14.0 Å². The van der Waals surface area contributed by atoms with Crippen LogP contribution in [0.2, 0.25) is 0 Å². The van der Waals surface area contributed by atoms with Crippen molar-refractivity contribution in [1.82, 2.24) is 20.1 Å². The van der Waals surface area contributed by atoms with E-state index in [4.69, 9.17) is 4.52 Å². The van der Waals surface area contributed by atoms with Crippen LogP contribution in [0, 0.1) is 26.6 Å². The lowest BCUT2D eigenvalue weighted by Gasteiger charge is -2.39. The van der Waals surface area contributed by atoms with E-state index in [1.165, 1.54) is 0 Å². The highest BCUT2D eigenvalue weighted by Crippen LogP contribution is 2.29. The standard InChI is InChI=1S/C15H20FN5O2/c1-9-13(16)14(19-10(2)17-9)21-6-4-5-15(22,8-21)7-12-18-11(3)20-23-12/h22H,4-8H2,1-3H3. The maximum Gasteiger partial charge on any atom is 0.229 e. The van der Waals surface area contributed by atoms with Crippen molar-refractivity contribution in [2.45, 2.75) is 45.6 Å². The number of hydrogen-bond donors (Lipinski definition) is 1. The first-order valence-corrected chi connectivity index (χ1v) is 7.63. The van der Waals surface area contributed by atoms with E-state index in [1.807, 2.05) is 0 Å². The van der Waals surface area contributed by atoms with Crippen LogP contribution in [0.4, 0.5) is 10.2 Å². The Morgan fingerprint density at radius 3 is 2.70 bits per heavy atom. The molecule has 0 bridgehead atoms. The molecule has 0 aromatic carbocycles. The van der Waals surface area contributed by atoms with Gasteiger partial charge in [0.05, 0.1) is 17.7 Å². The van der Waals surface area contributed by atoms with Gasteiger partial charge in [0, 0.05) is 13.1 Å². The normalized spacial score (nSPS) is 21.7. The first-order chi connectivity index (χ1) is 10.9. The SMILES string of the molecule is Cc1noc(CC2(O)CCCN(c3nc(C)nc(C)c3F)C2)n1. The molecule has 0 amide bonds. The molecule has 1 aliphatic heterocycles. The van der Waals surface area contributed by atoms with Gasteiger partial charge in [-0.25, -0.2) is 14.4 Å².